The number of nitrogens with one attached hydrogen (secondary N) is 1. The van der Waals surface area contributed by atoms with Crippen LogP contribution in [0.1, 0.15) is 30.7 Å². The first-order valence-corrected chi connectivity index (χ1v) is 6.63. The molecule has 0 unspecified atom stereocenters. The van der Waals surface area contributed by atoms with Crippen LogP contribution >= 0.6 is 11.6 Å². The average Bonchev–Trinajstić information content (AvgIpc) is 2.33. The lowest BCUT2D eigenvalue weighted by molar-refractivity contribution is -0.140. The van der Waals surface area contributed by atoms with Crippen LogP contribution in [0.2, 0.25) is 5.02 Å². The molecular weight excluding hydrogens is 250 g/mol. The monoisotopic (exact) mass is 267 g/mol. The van der Waals surface area contributed by atoms with Crippen LogP contribution in [0.5, 0.6) is 0 Å². The number of ether oxygens (including phenoxy) is 1. The Balaban J connectivity index is 1.71. The smallest absolute Gasteiger partial charge is 0.306 e. The van der Waals surface area contributed by atoms with Crippen LogP contribution in [0.4, 0.5) is 0 Å². The lowest BCUT2D eigenvalue weighted by atomic mass is 9.76. The number of esters is 1. The van der Waals surface area contributed by atoms with Gasteiger partial charge >= 0.3 is 5.97 Å². The number of carbonyl (C=O) groups is 1. The molecule has 1 fully saturated rings. The molecule has 0 atom stereocenters. The van der Waals surface area contributed by atoms with E-state index in [0.29, 0.717) is 24.9 Å². The van der Waals surface area contributed by atoms with Crippen molar-refractivity contribution < 1.29 is 9.53 Å². The molecule has 0 heterocycles. The van der Waals surface area contributed by atoms with E-state index in [1.54, 1.807) is 0 Å². The molecule has 0 bridgehead atoms. The average molecular weight is 268 g/mol. The van der Waals surface area contributed by atoms with E-state index in [9.17, 15) is 4.79 Å². The SMILES string of the molecule is COC(=O)CCNC1CC(c2ccccc2Cl)C1. The van der Waals surface area contributed by atoms with Crippen LogP contribution < -0.4 is 5.32 Å². The summed E-state index contributed by atoms with van der Waals surface area (Å²) in [4.78, 5) is 11.0. The summed E-state index contributed by atoms with van der Waals surface area (Å²) in [6.07, 6.45) is 2.61. The van der Waals surface area contributed by atoms with E-state index in [1.807, 2.05) is 18.2 Å². The molecule has 1 N–H and O–H groups in total. The molecule has 2 rings (SSSR count). The first-order valence-electron chi connectivity index (χ1n) is 6.25. The van der Waals surface area contributed by atoms with Crippen LogP contribution in [0.25, 0.3) is 0 Å². The summed E-state index contributed by atoms with van der Waals surface area (Å²) >= 11 is 6.16. The van der Waals surface area contributed by atoms with E-state index in [4.69, 9.17) is 11.6 Å². The summed E-state index contributed by atoms with van der Waals surface area (Å²) in [6.45, 7) is 0.687. The Hall–Kier alpha value is -1.06. The Morgan fingerprint density at radius 2 is 2.17 bits per heavy atom. The molecule has 0 saturated heterocycles. The third kappa shape index (κ3) is 3.24. The number of benzene rings is 1. The molecule has 18 heavy (non-hydrogen) atoms. The maximum absolute atomic E-state index is 11.0. The van der Waals surface area contributed by atoms with Gasteiger partial charge in [-0.25, -0.2) is 0 Å². The Morgan fingerprint density at radius 1 is 1.44 bits per heavy atom. The number of carbonyl (C=O) groups excluding carboxylic acids is 1. The van der Waals surface area contributed by atoms with Crippen LogP contribution in [0.15, 0.2) is 24.3 Å². The van der Waals surface area contributed by atoms with Crippen LogP contribution in [-0.2, 0) is 9.53 Å². The van der Waals surface area contributed by atoms with E-state index in [-0.39, 0.29) is 5.97 Å². The van der Waals surface area contributed by atoms with E-state index < -0.39 is 0 Å². The number of rotatable bonds is 5. The van der Waals surface area contributed by atoms with Gasteiger partial charge in [0, 0.05) is 17.6 Å². The van der Waals surface area contributed by atoms with Gasteiger partial charge < -0.3 is 10.1 Å². The van der Waals surface area contributed by atoms with Gasteiger partial charge in [0.25, 0.3) is 0 Å². The van der Waals surface area contributed by atoms with Gasteiger partial charge in [0.15, 0.2) is 0 Å². The predicted molar refractivity (Wildman–Crippen MR) is 71.9 cm³/mol. The molecule has 1 aliphatic rings. The highest BCUT2D eigenvalue weighted by Crippen LogP contribution is 2.39. The summed E-state index contributed by atoms with van der Waals surface area (Å²) < 4.78 is 4.59. The summed E-state index contributed by atoms with van der Waals surface area (Å²) in [7, 11) is 1.42. The molecule has 3 nitrogen and oxygen atoms in total. The van der Waals surface area contributed by atoms with E-state index in [0.717, 1.165) is 17.9 Å². The lowest BCUT2D eigenvalue weighted by Gasteiger charge is -2.36. The Labute approximate surface area is 112 Å². The molecular formula is C14H18ClNO2. The molecule has 1 aromatic rings. The topological polar surface area (TPSA) is 38.3 Å². The minimum Gasteiger partial charge on any atom is -0.469 e. The minimum absolute atomic E-state index is 0.163. The fourth-order valence-electron chi connectivity index (χ4n) is 2.33. The zero-order valence-electron chi connectivity index (χ0n) is 10.5. The highest BCUT2D eigenvalue weighted by Gasteiger charge is 2.30. The van der Waals surface area contributed by atoms with Gasteiger partial charge in [0.2, 0.25) is 0 Å². The molecule has 0 aromatic heterocycles. The molecule has 1 aromatic carbocycles. The molecule has 1 aliphatic carbocycles. The van der Waals surface area contributed by atoms with Crippen molar-refractivity contribution in [3.05, 3.63) is 34.9 Å². The van der Waals surface area contributed by atoms with Crippen molar-refractivity contribution in [1.82, 2.24) is 5.32 Å². The first kappa shape index (κ1) is 13.4. The zero-order chi connectivity index (χ0) is 13.0. The second-order valence-corrected chi connectivity index (χ2v) is 5.07. The standard InChI is InChI=1S/C14H18ClNO2/c1-18-14(17)6-7-16-11-8-10(9-11)12-4-2-3-5-13(12)15/h2-5,10-11,16H,6-9H2,1H3. The second-order valence-electron chi connectivity index (χ2n) is 4.67. The molecule has 0 aliphatic heterocycles. The molecule has 0 radical (unpaired) electrons. The Kier molecular flexibility index (Phi) is 4.61. The normalized spacial score (nSPS) is 22.3. The maximum Gasteiger partial charge on any atom is 0.306 e. The minimum atomic E-state index is -0.163. The van der Waals surface area contributed by atoms with Crippen molar-refractivity contribution in [3.8, 4) is 0 Å². The van der Waals surface area contributed by atoms with Gasteiger partial charge in [-0.15, -0.1) is 0 Å². The van der Waals surface area contributed by atoms with E-state index >= 15 is 0 Å². The van der Waals surface area contributed by atoms with Crippen molar-refractivity contribution >= 4 is 17.6 Å². The fraction of sp³-hybridized carbons (Fsp3) is 0.500. The molecule has 98 valence electrons. The highest BCUT2D eigenvalue weighted by atomic mass is 35.5. The number of hydrogen-bond acceptors (Lipinski definition) is 3. The van der Waals surface area contributed by atoms with Crippen LogP contribution in [0, 0.1) is 0 Å². The van der Waals surface area contributed by atoms with Gasteiger partial charge in [0.05, 0.1) is 13.5 Å². The van der Waals surface area contributed by atoms with E-state index in [1.165, 1.54) is 12.7 Å². The summed E-state index contributed by atoms with van der Waals surface area (Å²) in [5, 5.41) is 4.22. The summed E-state index contributed by atoms with van der Waals surface area (Å²) in [5.41, 5.74) is 1.24. The highest BCUT2D eigenvalue weighted by molar-refractivity contribution is 6.31. The largest absolute Gasteiger partial charge is 0.469 e. The van der Waals surface area contributed by atoms with Crippen LogP contribution in [0.3, 0.4) is 0 Å². The zero-order valence-corrected chi connectivity index (χ0v) is 11.2. The third-order valence-electron chi connectivity index (χ3n) is 3.47. The fourth-order valence-corrected chi connectivity index (χ4v) is 2.62. The second kappa shape index (κ2) is 6.21. The van der Waals surface area contributed by atoms with Gasteiger partial charge in [-0.2, -0.15) is 0 Å². The van der Waals surface area contributed by atoms with Crippen molar-refractivity contribution in [1.29, 1.82) is 0 Å². The quantitative estimate of drug-likeness (QED) is 0.834. The molecule has 1 saturated carbocycles. The van der Waals surface area contributed by atoms with E-state index in [2.05, 4.69) is 16.1 Å². The Bertz CT molecular complexity index is 416. The number of halogens is 1. The molecule has 0 spiro atoms. The maximum atomic E-state index is 11.0. The van der Waals surface area contributed by atoms with Gasteiger partial charge in [-0.05, 0) is 30.4 Å². The summed E-state index contributed by atoms with van der Waals surface area (Å²) in [5.74, 6) is 0.388. The van der Waals surface area contributed by atoms with Crippen molar-refractivity contribution in [3.63, 3.8) is 0 Å². The van der Waals surface area contributed by atoms with Gasteiger partial charge in [0.1, 0.15) is 0 Å². The first-order chi connectivity index (χ1) is 8.70. The molecule has 4 heteroatoms. The van der Waals surface area contributed by atoms with Crippen molar-refractivity contribution in [2.24, 2.45) is 0 Å². The van der Waals surface area contributed by atoms with Crippen molar-refractivity contribution in [2.75, 3.05) is 13.7 Å². The third-order valence-corrected chi connectivity index (χ3v) is 3.82. The summed E-state index contributed by atoms with van der Waals surface area (Å²) in [6, 6.07) is 8.51. The number of hydrogen-bond donors (Lipinski definition) is 1. The van der Waals surface area contributed by atoms with Gasteiger partial charge in [-0.1, -0.05) is 29.8 Å². The molecule has 0 amide bonds. The van der Waals surface area contributed by atoms with Gasteiger partial charge in [-0.3, -0.25) is 4.79 Å². The Morgan fingerprint density at radius 3 is 2.83 bits per heavy atom. The lowest BCUT2D eigenvalue weighted by Crippen LogP contribution is -2.41. The van der Waals surface area contributed by atoms with Crippen LogP contribution in [-0.4, -0.2) is 25.7 Å². The van der Waals surface area contributed by atoms with Crippen molar-refractivity contribution in [2.45, 2.75) is 31.2 Å². The predicted octanol–water partition coefficient (Wildman–Crippen LogP) is 2.74. The number of methoxy groups -OCH3 is 1.